The number of imide groups is 1. The molecule has 5 aromatic rings. The van der Waals surface area contributed by atoms with Gasteiger partial charge in [-0.15, -0.1) is 5.12 Å². The number of benzene rings is 2. The first-order chi connectivity index (χ1) is 18.7. The Kier molecular flexibility index (Phi) is 5.05. The lowest BCUT2D eigenvalue weighted by atomic mass is 9.95. The predicted octanol–water partition coefficient (Wildman–Crippen LogP) is 2.82. The van der Waals surface area contributed by atoms with Gasteiger partial charge >= 0.3 is 0 Å². The zero-order valence-electron chi connectivity index (χ0n) is 20.1. The molecule has 186 valence electrons. The standard InChI is InChI=1S/C28H22N8O2/c37-27-25(21-15-34(12-13-36-31-17-30-33-36)23-9-3-1-7-19(21)23)26(28(38)32-27)22-16-35(18-6-5-11-29-14-18)24-10-4-2-8-20(22)24/h1-11,14-17,33H,12-13H2,(H,30,31)(H,32,37,38). The molecular weight excluding hydrogens is 480 g/mol. The van der Waals surface area contributed by atoms with Gasteiger partial charge in [0, 0.05) is 52.6 Å². The van der Waals surface area contributed by atoms with Gasteiger partial charge in [-0.25, -0.2) is 5.53 Å². The van der Waals surface area contributed by atoms with E-state index in [2.05, 4.69) is 30.9 Å². The predicted molar refractivity (Wildman–Crippen MR) is 144 cm³/mol. The number of rotatable bonds is 6. The van der Waals surface area contributed by atoms with Crippen molar-refractivity contribution in [3.05, 3.63) is 96.6 Å². The van der Waals surface area contributed by atoms with Gasteiger partial charge in [0.1, 0.15) is 6.34 Å². The number of nitrogens with one attached hydrogen (secondary N) is 3. The van der Waals surface area contributed by atoms with Gasteiger partial charge in [0.2, 0.25) is 0 Å². The molecule has 2 aromatic carbocycles. The van der Waals surface area contributed by atoms with Gasteiger partial charge in [-0.3, -0.25) is 25.3 Å². The molecule has 2 aliphatic rings. The number of hydrogen-bond acceptors (Lipinski definition) is 7. The zero-order valence-corrected chi connectivity index (χ0v) is 20.1. The summed E-state index contributed by atoms with van der Waals surface area (Å²) in [5.74, 6) is -0.805. The number of amides is 2. The van der Waals surface area contributed by atoms with E-state index < -0.39 is 11.8 Å². The fourth-order valence-electron chi connectivity index (χ4n) is 5.24. The molecule has 0 atom stereocenters. The minimum absolute atomic E-state index is 0.369. The summed E-state index contributed by atoms with van der Waals surface area (Å²) in [7, 11) is 0. The highest BCUT2D eigenvalue weighted by Crippen LogP contribution is 2.39. The molecule has 0 fully saturated rings. The van der Waals surface area contributed by atoms with Crippen LogP contribution in [-0.4, -0.2) is 43.9 Å². The maximum Gasteiger partial charge on any atom is 0.259 e. The summed E-state index contributed by atoms with van der Waals surface area (Å²) >= 11 is 0. The Morgan fingerprint density at radius 1 is 0.763 bits per heavy atom. The van der Waals surface area contributed by atoms with Crippen LogP contribution in [0.5, 0.6) is 0 Å². The van der Waals surface area contributed by atoms with Gasteiger partial charge < -0.3 is 9.13 Å². The van der Waals surface area contributed by atoms with E-state index in [9.17, 15) is 9.59 Å². The lowest BCUT2D eigenvalue weighted by Gasteiger charge is -2.15. The molecule has 0 unspecified atom stereocenters. The quantitative estimate of drug-likeness (QED) is 0.308. The first-order valence-corrected chi connectivity index (χ1v) is 12.2. The van der Waals surface area contributed by atoms with Crippen molar-refractivity contribution >= 4 is 51.1 Å². The van der Waals surface area contributed by atoms with E-state index in [-0.39, 0.29) is 0 Å². The Morgan fingerprint density at radius 3 is 2.18 bits per heavy atom. The molecule has 3 aromatic heterocycles. The number of para-hydroxylation sites is 2. The second-order valence-corrected chi connectivity index (χ2v) is 9.07. The van der Waals surface area contributed by atoms with Crippen LogP contribution in [-0.2, 0) is 16.1 Å². The van der Waals surface area contributed by atoms with Crippen LogP contribution in [0.15, 0.2) is 90.6 Å². The van der Waals surface area contributed by atoms with E-state index in [1.165, 1.54) is 0 Å². The summed E-state index contributed by atoms with van der Waals surface area (Å²) in [6.45, 7) is 1.25. The fourth-order valence-corrected chi connectivity index (χ4v) is 5.24. The summed E-state index contributed by atoms with van der Waals surface area (Å²) in [5, 5.41) is 10.0. The number of fused-ring (bicyclic) bond motifs is 2. The first kappa shape index (κ1) is 22.0. The summed E-state index contributed by atoms with van der Waals surface area (Å²) in [6, 6.07) is 19.6. The molecule has 10 heteroatoms. The minimum Gasteiger partial charge on any atom is -0.345 e. The van der Waals surface area contributed by atoms with Gasteiger partial charge in [0.25, 0.3) is 11.8 Å². The van der Waals surface area contributed by atoms with E-state index in [1.807, 2.05) is 77.6 Å². The molecule has 0 saturated carbocycles. The van der Waals surface area contributed by atoms with Crippen LogP contribution in [0.2, 0.25) is 0 Å². The second-order valence-electron chi connectivity index (χ2n) is 9.07. The molecular formula is C28H22N8O2. The Bertz CT molecular complexity index is 1790. The van der Waals surface area contributed by atoms with Crippen molar-refractivity contribution in [1.82, 2.24) is 35.5 Å². The number of nitrogens with zero attached hydrogens (tertiary/aromatic N) is 5. The topological polar surface area (TPSA) is 109 Å². The largest absolute Gasteiger partial charge is 0.345 e. The molecule has 2 aliphatic heterocycles. The van der Waals surface area contributed by atoms with Crippen molar-refractivity contribution in [2.75, 3.05) is 6.54 Å². The summed E-state index contributed by atoms with van der Waals surface area (Å²) in [5.41, 5.74) is 10.8. The van der Waals surface area contributed by atoms with Crippen molar-refractivity contribution < 1.29 is 9.59 Å². The highest BCUT2D eigenvalue weighted by Gasteiger charge is 2.35. The lowest BCUT2D eigenvalue weighted by Crippen LogP contribution is -2.40. The number of carbonyl (C=O) groups excluding carboxylic acids is 2. The van der Waals surface area contributed by atoms with Gasteiger partial charge in [-0.05, 0) is 24.3 Å². The number of pyridine rings is 1. The zero-order chi connectivity index (χ0) is 25.6. The molecule has 7 rings (SSSR count). The normalized spacial score (nSPS) is 15.5. The van der Waals surface area contributed by atoms with Crippen molar-refractivity contribution in [1.29, 1.82) is 0 Å². The average Bonchev–Trinajstić information content (AvgIpc) is 3.73. The van der Waals surface area contributed by atoms with Crippen molar-refractivity contribution in [3.63, 3.8) is 0 Å². The Hall–Kier alpha value is -5.22. The minimum atomic E-state index is -0.404. The van der Waals surface area contributed by atoms with Crippen LogP contribution < -0.4 is 16.3 Å². The average molecular weight is 503 g/mol. The van der Waals surface area contributed by atoms with E-state index >= 15 is 0 Å². The van der Waals surface area contributed by atoms with Crippen LogP contribution in [0.4, 0.5) is 0 Å². The number of aromatic nitrogens is 3. The van der Waals surface area contributed by atoms with E-state index in [1.54, 1.807) is 23.9 Å². The van der Waals surface area contributed by atoms with Crippen molar-refractivity contribution in [3.8, 4) is 5.69 Å². The second kappa shape index (κ2) is 8.71. The first-order valence-electron chi connectivity index (χ1n) is 12.2. The number of hydrogen-bond donors (Lipinski definition) is 3. The molecule has 0 radical (unpaired) electrons. The monoisotopic (exact) mass is 502 g/mol. The van der Waals surface area contributed by atoms with Crippen LogP contribution in [0.3, 0.4) is 0 Å². The van der Waals surface area contributed by atoms with Crippen LogP contribution >= 0.6 is 0 Å². The highest BCUT2D eigenvalue weighted by molar-refractivity contribution is 6.50. The molecule has 38 heavy (non-hydrogen) atoms. The van der Waals surface area contributed by atoms with Crippen molar-refractivity contribution in [2.45, 2.75) is 6.54 Å². The van der Waals surface area contributed by atoms with Gasteiger partial charge in [0.15, 0.2) is 0 Å². The van der Waals surface area contributed by atoms with Crippen LogP contribution in [0.1, 0.15) is 11.1 Å². The third-order valence-corrected chi connectivity index (χ3v) is 6.92. The molecule has 0 saturated heterocycles. The van der Waals surface area contributed by atoms with Gasteiger partial charge in [-0.1, -0.05) is 36.4 Å². The van der Waals surface area contributed by atoms with E-state index in [0.717, 1.165) is 33.1 Å². The third kappa shape index (κ3) is 3.46. The third-order valence-electron chi connectivity index (χ3n) is 6.92. The van der Waals surface area contributed by atoms with Crippen LogP contribution in [0, 0.1) is 0 Å². The molecule has 0 spiro atoms. The molecule has 10 nitrogen and oxygen atoms in total. The van der Waals surface area contributed by atoms with E-state index in [0.29, 0.717) is 29.8 Å². The summed E-state index contributed by atoms with van der Waals surface area (Å²) in [4.78, 5) is 30.9. The molecule has 2 amide bonds. The smallest absolute Gasteiger partial charge is 0.259 e. The summed E-state index contributed by atoms with van der Waals surface area (Å²) < 4.78 is 4.09. The SMILES string of the molecule is O=C1NC(=O)C(c2cn(-c3cccnc3)c3ccccc23)=C1c1cn(CCN2NC=NN2)c2ccccc12. The van der Waals surface area contributed by atoms with Gasteiger partial charge in [0.05, 0.1) is 35.1 Å². The maximum absolute atomic E-state index is 13.3. The van der Waals surface area contributed by atoms with E-state index in [4.69, 9.17) is 0 Å². The molecule has 3 N–H and O–H groups in total. The Balaban J connectivity index is 1.42. The molecule has 0 bridgehead atoms. The van der Waals surface area contributed by atoms with Crippen molar-refractivity contribution in [2.24, 2.45) is 5.10 Å². The molecule has 5 heterocycles. The van der Waals surface area contributed by atoms with Crippen LogP contribution in [0.25, 0.3) is 38.6 Å². The Labute approximate surface area is 216 Å². The molecule has 0 aliphatic carbocycles. The number of hydrazine groups is 2. The maximum atomic E-state index is 13.3. The lowest BCUT2D eigenvalue weighted by molar-refractivity contribution is -0.122. The summed E-state index contributed by atoms with van der Waals surface area (Å²) in [6.07, 6.45) is 8.94. The number of carbonyl (C=O) groups is 2. The van der Waals surface area contributed by atoms with Gasteiger partial charge in [-0.2, -0.15) is 5.10 Å². The highest BCUT2D eigenvalue weighted by atomic mass is 16.2. The number of hydrazone groups is 1. The fraction of sp³-hybridized carbons (Fsp3) is 0.0714. The Morgan fingerprint density at radius 2 is 1.47 bits per heavy atom.